The molecule has 4 aromatic heterocycles. The summed E-state index contributed by atoms with van der Waals surface area (Å²) in [5.74, 6) is 0.153. The number of hydrogen-bond acceptors (Lipinski definition) is 6. The number of amides is 1. The van der Waals surface area contributed by atoms with Crippen LogP contribution in [0.4, 0.5) is 0 Å². The van der Waals surface area contributed by atoms with Crippen molar-refractivity contribution < 1.29 is 9.90 Å². The van der Waals surface area contributed by atoms with Crippen LogP contribution in [0.5, 0.6) is 0 Å². The number of pyridine rings is 1. The SMILES string of the molecule is Cc1cc(-c2[nH]c3cc(C(=O)NC4(CO)CCNCC4)sc3c2C(C)C)cn2ncnc12. The molecule has 0 spiro atoms. The zero-order chi connectivity index (χ0) is 22.5. The predicted octanol–water partition coefficient (Wildman–Crippen LogP) is 3.22. The second-order valence-electron chi connectivity index (χ2n) is 9.00. The van der Waals surface area contributed by atoms with Crippen molar-refractivity contribution in [2.24, 2.45) is 0 Å². The molecule has 32 heavy (non-hydrogen) atoms. The van der Waals surface area contributed by atoms with E-state index >= 15 is 0 Å². The third kappa shape index (κ3) is 3.50. The summed E-state index contributed by atoms with van der Waals surface area (Å²) in [6.45, 7) is 7.92. The van der Waals surface area contributed by atoms with Gasteiger partial charge in [0.25, 0.3) is 5.91 Å². The molecule has 5 heterocycles. The van der Waals surface area contributed by atoms with Crippen LogP contribution in [0.1, 0.15) is 53.4 Å². The number of carbonyl (C=O) groups excluding carboxylic acids is 1. The van der Waals surface area contributed by atoms with Crippen LogP contribution >= 0.6 is 11.3 Å². The Kier molecular flexibility index (Phi) is 5.27. The van der Waals surface area contributed by atoms with Crippen molar-refractivity contribution in [1.82, 2.24) is 30.2 Å². The molecule has 8 nitrogen and oxygen atoms in total. The second-order valence-corrected chi connectivity index (χ2v) is 10.1. The van der Waals surface area contributed by atoms with Gasteiger partial charge in [-0.05, 0) is 62.0 Å². The molecule has 0 atom stereocenters. The van der Waals surface area contributed by atoms with Crippen molar-refractivity contribution in [3.8, 4) is 11.3 Å². The molecular weight excluding hydrogens is 424 g/mol. The van der Waals surface area contributed by atoms with Gasteiger partial charge in [0.2, 0.25) is 0 Å². The molecule has 0 saturated carbocycles. The molecule has 1 aliphatic rings. The molecule has 0 unspecified atom stereocenters. The van der Waals surface area contributed by atoms with Crippen molar-refractivity contribution in [3.63, 3.8) is 0 Å². The summed E-state index contributed by atoms with van der Waals surface area (Å²) in [5.41, 5.74) is 5.62. The van der Waals surface area contributed by atoms with E-state index in [0.29, 0.717) is 4.88 Å². The number of H-pyrrole nitrogens is 1. The van der Waals surface area contributed by atoms with Gasteiger partial charge < -0.3 is 20.7 Å². The molecule has 5 rings (SSSR count). The zero-order valence-corrected chi connectivity index (χ0v) is 19.3. The molecular formula is C23H28N6O2S. The van der Waals surface area contributed by atoms with E-state index in [9.17, 15) is 9.90 Å². The normalized spacial score (nSPS) is 16.3. The van der Waals surface area contributed by atoms with E-state index in [1.165, 1.54) is 16.9 Å². The third-order valence-electron chi connectivity index (χ3n) is 6.40. The number of aromatic nitrogens is 4. The van der Waals surface area contributed by atoms with Crippen molar-refractivity contribution in [2.75, 3.05) is 19.7 Å². The highest BCUT2D eigenvalue weighted by Crippen LogP contribution is 2.40. The fourth-order valence-corrected chi connectivity index (χ4v) is 5.86. The molecule has 9 heteroatoms. The van der Waals surface area contributed by atoms with E-state index < -0.39 is 5.54 Å². The van der Waals surface area contributed by atoms with Crippen molar-refractivity contribution in [2.45, 2.75) is 45.1 Å². The van der Waals surface area contributed by atoms with Gasteiger partial charge in [-0.3, -0.25) is 4.79 Å². The van der Waals surface area contributed by atoms with Gasteiger partial charge in [0.1, 0.15) is 6.33 Å². The topological polar surface area (TPSA) is 107 Å². The second kappa shape index (κ2) is 7.99. The predicted molar refractivity (Wildman–Crippen MR) is 126 cm³/mol. The molecule has 1 amide bonds. The molecule has 4 N–H and O–H groups in total. The Balaban J connectivity index is 1.53. The third-order valence-corrected chi connectivity index (χ3v) is 7.56. The lowest BCUT2D eigenvalue weighted by atomic mass is 9.89. The summed E-state index contributed by atoms with van der Waals surface area (Å²) in [4.78, 5) is 21.6. The molecule has 1 fully saturated rings. The summed E-state index contributed by atoms with van der Waals surface area (Å²) in [7, 11) is 0. The van der Waals surface area contributed by atoms with Gasteiger partial charge in [-0.2, -0.15) is 5.10 Å². The first-order chi connectivity index (χ1) is 15.4. The standard InChI is InChI=1S/C23H28N6O2S/c1-13(2)18-19(15-8-14(3)21-25-12-26-29(21)10-15)27-16-9-17(32-20(16)18)22(31)28-23(11-30)4-6-24-7-5-23/h8-10,12-13,24,27,30H,4-7,11H2,1-3H3,(H,28,31). The Labute approximate surface area is 190 Å². The van der Waals surface area contributed by atoms with Crippen LogP contribution in [-0.4, -0.2) is 55.8 Å². The number of carbonyl (C=O) groups is 1. The number of piperidine rings is 1. The summed E-state index contributed by atoms with van der Waals surface area (Å²) >= 11 is 1.51. The highest BCUT2D eigenvalue weighted by atomic mass is 32.1. The molecule has 0 aromatic carbocycles. The number of thiophene rings is 1. The molecule has 0 radical (unpaired) electrons. The highest BCUT2D eigenvalue weighted by Gasteiger charge is 2.34. The number of aliphatic hydroxyl groups excluding tert-OH is 1. The first-order valence-electron chi connectivity index (χ1n) is 11.0. The number of fused-ring (bicyclic) bond motifs is 2. The maximum atomic E-state index is 13.1. The van der Waals surface area contributed by atoms with Crippen LogP contribution in [0, 0.1) is 6.92 Å². The number of aliphatic hydroxyl groups is 1. The fourth-order valence-electron chi connectivity index (χ4n) is 4.65. The van der Waals surface area contributed by atoms with Gasteiger partial charge >= 0.3 is 0 Å². The average molecular weight is 453 g/mol. The van der Waals surface area contributed by atoms with Gasteiger partial charge in [-0.25, -0.2) is 9.50 Å². The number of aryl methyl sites for hydroxylation is 1. The van der Waals surface area contributed by atoms with Crippen LogP contribution in [0.2, 0.25) is 0 Å². The summed E-state index contributed by atoms with van der Waals surface area (Å²) in [5, 5.41) is 20.6. The van der Waals surface area contributed by atoms with Crippen LogP contribution in [0.15, 0.2) is 24.7 Å². The van der Waals surface area contributed by atoms with E-state index in [1.807, 2.05) is 19.2 Å². The lowest BCUT2D eigenvalue weighted by molar-refractivity contribution is 0.0778. The minimum Gasteiger partial charge on any atom is -0.394 e. The Morgan fingerprint density at radius 3 is 2.84 bits per heavy atom. The minimum atomic E-state index is -0.545. The van der Waals surface area contributed by atoms with E-state index in [-0.39, 0.29) is 18.4 Å². The molecule has 168 valence electrons. The summed E-state index contributed by atoms with van der Waals surface area (Å²) in [6.07, 6.45) is 5.01. The van der Waals surface area contributed by atoms with Crippen LogP contribution in [0.25, 0.3) is 27.1 Å². The van der Waals surface area contributed by atoms with Crippen molar-refractivity contribution in [3.05, 3.63) is 40.7 Å². The highest BCUT2D eigenvalue weighted by molar-refractivity contribution is 7.21. The Morgan fingerprint density at radius 2 is 2.12 bits per heavy atom. The van der Waals surface area contributed by atoms with Gasteiger partial charge in [0.15, 0.2) is 5.65 Å². The van der Waals surface area contributed by atoms with E-state index in [4.69, 9.17) is 0 Å². The van der Waals surface area contributed by atoms with Gasteiger partial charge in [0.05, 0.1) is 32.9 Å². The van der Waals surface area contributed by atoms with Crippen molar-refractivity contribution in [1.29, 1.82) is 0 Å². The maximum absolute atomic E-state index is 13.1. The number of aromatic amines is 1. The molecule has 0 bridgehead atoms. The first kappa shape index (κ1) is 21.1. The van der Waals surface area contributed by atoms with Gasteiger partial charge in [-0.15, -0.1) is 11.3 Å². The average Bonchev–Trinajstić information content (AvgIpc) is 3.48. The van der Waals surface area contributed by atoms with E-state index in [0.717, 1.165) is 58.6 Å². The van der Waals surface area contributed by atoms with Crippen LogP contribution in [0.3, 0.4) is 0 Å². The summed E-state index contributed by atoms with van der Waals surface area (Å²) < 4.78 is 2.90. The van der Waals surface area contributed by atoms with Crippen LogP contribution in [-0.2, 0) is 0 Å². The largest absolute Gasteiger partial charge is 0.394 e. The molecule has 1 aliphatic heterocycles. The zero-order valence-electron chi connectivity index (χ0n) is 18.5. The monoisotopic (exact) mass is 452 g/mol. The van der Waals surface area contributed by atoms with Gasteiger partial charge in [0, 0.05) is 11.8 Å². The number of nitrogens with one attached hydrogen (secondary N) is 3. The quantitative estimate of drug-likeness (QED) is 0.372. The summed E-state index contributed by atoms with van der Waals surface area (Å²) in [6, 6.07) is 4.05. The maximum Gasteiger partial charge on any atom is 0.261 e. The van der Waals surface area contributed by atoms with Crippen molar-refractivity contribution >= 4 is 33.1 Å². The first-order valence-corrected chi connectivity index (χ1v) is 11.8. The Morgan fingerprint density at radius 1 is 1.34 bits per heavy atom. The molecule has 0 aliphatic carbocycles. The molecule has 4 aromatic rings. The van der Waals surface area contributed by atoms with Gasteiger partial charge in [-0.1, -0.05) is 13.8 Å². The van der Waals surface area contributed by atoms with E-state index in [2.05, 4.69) is 45.6 Å². The Bertz CT molecular complexity index is 1290. The smallest absolute Gasteiger partial charge is 0.261 e. The molecule has 1 saturated heterocycles. The minimum absolute atomic E-state index is 0.0465. The fraction of sp³-hybridized carbons (Fsp3) is 0.435. The number of rotatable bonds is 5. The van der Waals surface area contributed by atoms with Crippen LogP contribution < -0.4 is 10.6 Å². The number of hydrogen-bond donors (Lipinski definition) is 4. The lowest BCUT2D eigenvalue weighted by Gasteiger charge is -2.36. The number of nitrogens with zero attached hydrogens (tertiary/aromatic N) is 3. The Hall–Kier alpha value is -2.75. The van der Waals surface area contributed by atoms with E-state index in [1.54, 1.807) is 10.8 Å². The lowest BCUT2D eigenvalue weighted by Crippen LogP contribution is -2.56.